The first kappa shape index (κ1) is 13.8. The number of nitrogens with zero attached hydrogens (tertiary/aromatic N) is 1. The molecule has 0 bridgehead atoms. The minimum atomic E-state index is 0.726. The minimum Gasteiger partial charge on any atom is -0.329 e. The average Bonchev–Trinajstić information content (AvgIpc) is 2.22. The van der Waals surface area contributed by atoms with Gasteiger partial charge < -0.3 is 21.3 Å². The van der Waals surface area contributed by atoms with Crippen LogP contribution in [0, 0.1) is 0 Å². The Morgan fingerprint density at radius 1 is 1.00 bits per heavy atom. The molecule has 0 amide bonds. The Morgan fingerprint density at radius 2 is 1.64 bits per heavy atom. The summed E-state index contributed by atoms with van der Waals surface area (Å²) in [5.74, 6) is 0. The van der Waals surface area contributed by atoms with Gasteiger partial charge in [0.1, 0.15) is 0 Å². The molecule has 4 nitrogen and oxygen atoms in total. The predicted molar refractivity (Wildman–Crippen MR) is 62.6 cm³/mol. The van der Waals surface area contributed by atoms with Crippen LogP contribution in [0.2, 0.25) is 0 Å². The molecule has 14 heavy (non-hydrogen) atoms. The van der Waals surface area contributed by atoms with E-state index in [-0.39, 0.29) is 0 Å². The van der Waals surface area contributed by atoms with Crippen LogP contribution in [0.25, 0.3) is 0 Å². The van der Waals surface area contributed by atoms with Gasteiger partial charge in [-0.15, -0.1) is 0 Å². The van der Waals surface area contributed by atoms with Gasteiger partial charge in [-0.05, 0) is 13.1 Å². The van der Waals surface area contributed by atoms with Gasteiger partial charge in [-0.2, -0.15) is 0 Å². The number of nitrogens with two attached hydrogens (primary N) is 1. The second-order valence-corrected chi connectivity index (χ2v) is 3.33. The summed E-state index contributed by atoms with van der Waals surface area (Å²) in [6.07, 6.45) is 0. The number of likely N-dealkylation sites (N-methyl/N-ethyl adjacent to an activating group) is 2. The van der Waals surface area contributed by atoms with E-state index >= 15 is 0 Å². The van der Waals surface area contributed by atoms with Crippen LogP contribution in [0.5, 0.6) is 0 Å². The van der Waals surface area contributed by atoms with E-state index in [9.17, 15) is 0 Å². The monoisotopic (exact) mass is 202 g/mol. The zero-order valence-electron chi connectivity index (χ0n) is 9.68. The van der Waals surface area contributed by atoms with Crippen molar-refractivity contribution in [2.24, 2.45) is 5.73 Å². The van der Waals surface area contributed by atoms with Crippen LogP contribution in [0.4, 0.5) is 0 Å². The van der Waals surface area contributed by atoms with Crippen molar-refractivity contribution in [1.82, 2.24) is 15.5 Å². The summed E-state index contributed by atoms with van der Waals surface area (Å²) >= 11 is 0. The molecule has 0 fully saturated rings. The lowest BCUT2D eigenvalue weighted by molar-refractivity contribution is 0.287. The van der Waals surface area contributed by atoms with Gasteiger partial charge in [0.15, 0.2) is 0 Å². The van der Waals surface area contributed by atoms with Crippen LogP contribution >= 0.6 is 0 Å². The van der Waals surface area contributed by atoms with Gasteiger partial charge in [-0.1, -0.05) is 13.8 Å². The first-order chi connectivity index (χ1) is 6.85. The molecule has 4 N–H and O–H groups in total. The van der Waals surface area contributed by atoms with Gasteiger partial charge >= 0.3 is 0 Å². The molecule has 0 aliphatic rings. The Labute approximate surface area is 88.2 Å². The van der Waals surface area contributed by atoms with E-state index in [1.165, 1.54) is 0 Å². The van der Waals surface area contributed by atoms with Crippen molar-refractivity contribution >= 4 is 0 Å². The van der Waals surface area contributed by atoms with Gasteiger partial charge in [-0.25, -0.2) is 0 Å². The number of rotatable bonds is 10. The van der Waals surface area contributed by atoms with Crippen molar-refractivity contribution in [3.05, 3.63) is 0 Å². The molecular weight excluding hydrogens is 176 g/mol. The Morgan fingerprint density at radius 3 is 2.14 bits per heavy atom. The van der Waals surface area contributed by atoms with Crippen molar-refractivity contribution < 1.29 is 0 Å². The van der Waals surface area contributed by atoms with Crippen LogP contribution in [0.3, 0.4) is 0 Å². The number of hydrogen-bond donors (Lipinski definition) is 3. The third-order valence-electron chi connectivity index (χ3n) is 2.23. The van der Waals surface area contributed by atoms with E-state index in [1.54, 1.807) is 0 Å². The number of nitrogens with one attached hydrogen (secondary N) is 2. The molecular formula is C10H26N4. The molecule has 0 atom stereocenters. The Kier molecular flexibility index (Phi) is 10.8. The molecule has 0 heterocycles. The second kappa shape index (κ2) is 10.9. The summed E-state index contributed by atoms with van der Waals surface area (Å²) in [6.45, 7) is 12.5. The standard InChI is InChI=1S/C10H26N4/c1-3-12-7-9-14(4-2)10-8-13-6-5-11/h12-13H,3-11H2,1-2H3. The molecule has 4 heteroatoms. The largest absolute Gasteiger partial charge is 0.329 e. The summed E-state index contributed by atoms with van der Waals surface area (Å²) in [5, 5.41) is 6.64. The van der Waals surface area contributed by atoms with Gasteiger partial charge in [0.05, 0.1) is 0 Å². The van der Waals surface area contributed by atoms with Crippen molar-refractivity contribution in [3.8, 4) is 0 Å². The summed E-state index contributed by atoms with van der Waals surface area (Å²) in [4.78, 5) is 2.44. The quantitative estimate of drug-likeness (QED) is 0.417. The van der Waals surface area contributed by atoms with Gasteiger partial charge in [0, 0.05) is 39.3 Å². The fourth-order valence-corrected chi connectivity index (χ4v) is 1.31. The van der Waals surface area contributed by atoms with Crippen LogP contribution in [0.15, 0.2) is 0 Å². The highest BCUT2D eigenvalue weighted by Gasteiger charge is 1.99. The zero-order chi connectivity index (χ0) is 10.6. The molecule has 0 saturated carbocycles. The van der Waals surface area contributed by atoms with E-state index in [1.807, 2.05) is 0 Å². The maximum Gasteiger partial charge on any atom is 0.0107 e. The smallest absolute Gasteiger partial charge is 0.0107 e. The summed E-state index contributed by atoms with van der Waals surface area (Å²) in [5.41, 5.74) is 5.39. The van der Waals surface area contributed by atoms with Crippen LogP contribution in [-0.2, 0) is 0 Å². The zero-order valence-corrected chi connectivity index (χ0v) is 9.68. The Balaban J connectivity index is 3.28. The molecule has 0 unspecified atom stereocenters. The van der Waals surface area contributed by atoms with Gasteiger partial charge in [-0.3, -0.25) is 0 Å². The third-order valence-corrected chi connectivity index (χ3v) is 2.23. The highest BCUT2D eigenvalue weighted by molar-refractivity contribution is 4.59. The van der Waals surface area contributed by atoms with E-state index in [4.69, 9.17) is 5.73 Å². The summed E-state index contributed by atoms with van der Waals surface area (Å²) in [7, 11) is 0. The van der Waals surface area contributed by atoms with Crippen LogP contribution in [0.1, 0.15) is 13.8 Å². The highest BCUT2D eigenvalue weighted by Crippen LogP contribution is 1.84. The Bertz CT molecular complexity index is 108. The SMILES string of the molecule is CCNCCN(CC)CCNCCN. The average molecular weight is 202 g/mol. The molecule has 0 rings (SSSR count). The molecule has 0 aliphatic heterocycles. The maximum absolute atomic E-state index is 5.39. The third kappa shape index (κ3) is 8.44. The van der Waals surface area contributed by atoms with E-state index in [2.05, 4.69) is 29.4 Å². The fourth-order valence-electron chi connectivity index (χ4n) is 1.31. The molecule has 0 spiro atoms. The van der Waals surface area contributed by atoms with Crippen molar-refractivity contribution in [2.75, 3.05) is 52.4 Å². The molecule has 0 aliphatic carbocycles. The van der Waals surface area contributed by atoms with Crippen molar-refractivity contribution in [2.45, 2.75) is 13.8 Å². The van der Waals surface area contributed by atoms with Crippen molar-refractivity contribution in [3.63, 3.8) is 0 Å². The molecule has 0 aromatic rings. The van der Waals surface area contributed by atoms with Crippen LogP contribution in [-0.4, -0.2) is 57.3 Å². The minimum absolute atomic E-state index is 0.726. The van der Waals surface area contributed by atoms with E-state index in [0.717, 1.165) is 52.4 Å². The van der Waals surface area contributed by atoms with Gasteiger partial charge in [0.2, 0.25) is 0 Å². The lowest BCUT2D eigenvalue weighted by Crippen LogP contribution is -2.37. The van der Waals surface area contributed by atoms with Gasteiger partial charge in [0.25, 0.3) is 0 Å². The van der Waals surface area contributed by atoms with E-state index < -0.39 is 0 Å². The first-order valence-corrected chi connectivity index (χ1v) is 5.69. The molecule has 0 aromatic carbocycles. The molecule has 86 valence electrons. The maximum atomic E-state index is 5.39. The fraction of sp³-hybridized carbons (Fsp3) is 1.00. The molecule has 0 aromatic heterocycles. The second-order valence-electron chi connectivity index (χ2n) is 3.33. The van der Waals surface area contributed by atoms with E-state index in [0.29, 0.717) is 0 Å². The predicted octanol–water partition coefficient (Wildman–Crippen LogP) is -0.534. The first-order valence-electron chi connectivity index (χ1n) is 5.69. The summed E-state index contributed by atoms with van der Waals surface area (Å²) < 4.78 is 0. The van der Waals surface area contributed by atoms with Crippen molar-refractivity contribution in [1.29, 1.82) is 0 Å². The lowest BCUT2D eigenvalue weighted by atomic mass is 10.4. The Hall–Kier alpha value is -0.160. The lowest BCUT2D eigenvalue weighted by Gasteiger charge is -2.20. The number of hydrogen-bond acceptors (Lipinski definition) is 4. The normalized spacial score (nSPS) is 11.1. The molecule has 0 radical (unpaired) electrons. The summed E-state index contributed by atoms with van der Waals surface area (Å²) in [6, 6.07) is 0. The molecule has 0 saturated heterocycles. The van der Waals surface area contributed by atoms with Crippen LogP contribution < -0.4 is 16.4 Å². The topological polar surface area (TPSA) is 53.3 Å². The highest BCUT2D eigenvalue weighted by atomic mass is 15.1.